The molecule has 2 aliphatic heterocycles. The molecule has 7 heteroatoms. The highest BCUT2D eigenvalue weighted by atomic mass is 32.2. The number of hydrogen-bond donors (Lipinski definition) is 1. The lowest BCUT2D eigenvalue weighted by atomic mass is 9.95. The maximum absolute atomic E-state index is 11.3. The quantitative estimate of drug-likeness (QED) is 0.501. The number of piperidine rings is 1. The van der Waals surface area contributed by atoms with Crippen molar-refractivity contribution < 1.29 is 9.90 Å². The fourth-order valence-electron chi connectivity index (χ4n) is 6.11. The molecule has 1 N–H and O–H groups in total. The Morgan fingerprint density at radius 3 is 2.74 bits per heavy atom. The van der Waals surface area contributed by atoms with E-state index < -0.39 is 5.97 Å². The summed E-state index contributed by atoms with van der Waals surface area (Å²) in [5.41, 5.74) is 2.69. The van der Waals surface area contributed by atoms with Gasteiger partial charge in [-0.2, -0.15) is 0 Å². The van der Waals surface area contributed by atoms with E-state index in [1.807, 2.05) is 30.2 Å². The van der Waals surface area contributed by atoms with Gasteiger partial charge < -0.3 is 10.0 Å². The van der Waals surface area contributed by atoms with E-state index in [0.717, 1.165) is 44.8 Å². The fraction of sp³-hybridized carbons (Fsp3) is 0.607. The molecular formula is C28H38N4O2S. The summed E-state index contributed by atoms with van der Waals surface area (Å²) in [6, 6.07) is 9.07. The van der Waals surface area contributed by atoms with Crippen LogP contribution in [-0.4, -0.2) is 57.4 Å². The van der Waals surface area contributed by atoms with Crippen LogP contribution < -0.4 is 4.90 Å². The lowest BCUT2D eigenvalue weighted by Gasteiger charge is -2.34. The molecule has 0 radical (unpaired) electrons. The monoisotopic (exact) mass is 494 g/mol. The van der Waals surface area contributed by atoms with Gasteiger partial charge in [0.2, 0.25) is 0 Å². The molecule has 5 rings (SSSR count). The first kappa shape index (κ1) is 24.6. The molecule has 3 unspecified atom stereocenters. The lowest BCUT2D eigenvalue weighted by molar-refractivity contribution is -0.138. The van der Waals surface area contributed by atoms with Crippen molar-refractivity contribution in [1.29, 1.82) is 0 Å². The van der Waals surface area contributed by atoms with Gasteiger partial charge in [0.05, 0.1) is 0 Å². The van der Waals surface area contributed by atoms with Crippen molar-refractivity contribution in [2.24, 2.45) is 5.92 Å². The Bertz CT molecular complexity index is 998. The second kappa shape index (κ2) is 11.3. The first-order valence-electron chi connectivity index (χ1n) is 13.3. The van der Waals surface area contributed by atoms with Gasteiger partial charge in [-0.15, -0.1) is 11.8 Å². The van der Waals surface area contributed by atoms with E-state index in [4.69, 9.17) is 4.98 Å². The highest BCUT2D eigenvalue weighted by molar-refractivity contribution is 7.99. The second-order valence-corrected chi connectivity index (χ2v) is 11.9. The average Bonchev–Trinajstić information content (AvgIpc) is 3.57. The fourth-order valence-corrected chi connectivity index (χ4v) is 7.51. The van der Waals surface area contributed by atoms with Crippen molar-refractivity contribution in [3.8, 4) is 0 Å². The van der Waals surface area contributed by atoms with Gasteiger partial charge in [0, 0.05) is 55.3 Å². The van der Waals surface area contributed by atoms with Gasteiger partial charge in [-0.3, -0.25) is 14.7 Å². The third-order valence-corrected chi connectivity index (χ3v) is 9.49. The van der Waals surface area contributed by atoms with Gasteiger partial charge in [-0.05, 0) is 75.1 Å². The van der Waals surface area contributed by atoms with Crippen LogP contribution in [0.3, 0.4) is 0 Å². The minimum Gasteiger partial charge on any atom is -0.481 e. The molecule has 188 valence electrons. The largest absolute Gasteiger partial charge is 0.481 e. The first-order valence-corrected chi connectivity index (χ1v) is 14.2. The Morgan fingerprint density at radius 2 is 1.97 bits per heavy atom. The van der Waals surface area contributed by atoms with Gasteiger partial charge in [0.1, 0.15) is 10.8 Å². The van der Waals surface area contributed by atoms with E-state index in [2.05, 4.69) is 39.9 Å². The van der Waals surface area contributed by atoms with Crippen molar-refractivity contribution in [2.45, 2.75) is 80.5 Å². The number of hydrogen-bond acceptors (Lipinski definition) is 6. The standard InChI is InChI=1S/C28H38N4O2S/c1-20(31-15-12-23(19-31)22-7-4-13-29-17-22)25-10-11-26(30-28(25)35-24-8-2-3-9-24)32-14-5-6-21(18-32)16-27(33)34/h4,7,10-11,13,17,20-21,23-24H,2-3,5-6,8-9,12,14-16,18-19H2,1H3,(H,33,34). The number of carboxylic acid groups (broad SMARTS) is 1. The van der Waals surface area contributed by atoms with Crippen molar-refractivity contribution in [3.05, 3.63) is 47.8 Å². The molecule has 2 aromatic heterocycles. The lowest BCUT2D eigenvalue weighted by Crippen LogP contribution is -2.37. The Morgan fingerprint density at radius 1 is 1.11 bits per heavy atom. The zero-order valence-electron chi connectivity index (χ0n) is 20.8. The van der Waals surface area contributed by atoms with Crippen LogP contribution >= 0.6 is 11.8 Å². The Kier molecular flexibility index (Phi) is 7.93. The van der Waals surface area contributed by atoms with Crippen molar-refractivity contribution in [1.82, 2.24) is 14.9 Å². The summed E-state index contributed by atoms with van der Waals surface area (Å²) < 4.78 is 0. The van der Waals surface area contributed by atoms with Crippen LogP contribution in [0.1, 0.15) is 81.4 Å². The summed E-state index contributed by atoms with van der Waals surface area (Å²) in [5, 5.41) is 11.1. The van der Waals surface area contributed by atoms with Crippen molar-refractivity contribution in [3.63, 3.8) is 0 Å². The SMILES string of the molecule is CC(c1ccc(N2CCCC(CC(=O)O)C2)nc1SC1CCCC1)N1CCC(c2cccnc2)C1. The Balaban J connectivity index is 1.35. The number of aliphatic carboxylic acids is 1. The number of thioether (sulfide) groups is 1. The Labute approximate surface area is 213 Å². The maximum atomic E-state index is 11.3. The second-order valence-electron chi connectivity index (χ2n) is 10.6. The number of nitrogens with zero attached hydrogens (tertiary/aromatic N) is 4. The van der Waals surface area contributed by atoms with Gasteiger partial charge >= 0.3 is 5.97 Å². The molecule has 0 aromatic carbocycles. The van der Waals surface area contributed by atoms with E-state index in [1.54, 1.807) is 0 Å². The van der Waals surface area contributed by atoms with Crippen LogP contribution in [0.15, 0.2) is 41.7 Å². The zero-order chi connectivity index (χ0) is 24.2. The molecule has 1 saturated carbocycles. The van der Waals surface area contributed by atoms with Gasteiger partial charge in [0.25, 0.3) is 0 Å². The number of carboxylic acids is 1. The summed E-state index contributed by atoms with van der Waals surface area (Å²) in [7, 11) is 0. The molecular weight excluding hydrogens is 456 g/mol. The van der Waals surface area contributed by atoms with Crippen LogP contribution in [0.4, 0.5) is 5.82 Å². The van der Waals surface area contributed by atoms with Crippen molar-refractivity contribution >= 4 is 23.5 Å². The van der Waals surface area contributed by atoms with Crippen LogP contribution in [0, 0.1) is 5.92 Å². The zero-order valence-corrected chi connectivity index (χ0v) is 21.6. The van der Waals surface area contributed by atoms with E-state index in [1.165, 1.54) is 48.3 Å². The maximum Gasteiger partial charge on any atom is 0.303 e. The summed E-state index contributed by atoms with van der Waals surface area (Å²) in [6.07, 6.45) is 12.5. The number of rotatable bonds is 8. The van der Waals surface area contributed by atoms with Gasteiger partial charge in [0.15, 0.2) is 0 Å². The number of pyridine rings is 2. The Hall–Kier alpha value is -2.12. The number of aromatic nitrogens is 2. The molecule has 1 aliphatic carbocycles. The third-order valence-electron chi connectivity index (χ3n) is 8.14. The minimum atomic E-state index is -0.693. The predicted molar refractivity (Wildman–Crippen MR) is 141 cm³/mol. The predicted octanol–water partition coefficient (Wildman–Crippen LogP) is 5.75. The summed E-state index contributed by atoms with van der Waals surface area (Å²) >= 11 is 1.98. The van der Waals surface area contributed by atoms with E-state index in [9.17, 15) is 9.90 Å². The van der Waals surface area contributed by atoms with E-state index in [0.29, 0.717) is 17.2 Å². The van der Waals surface area contributed by atoms with Crippen molar-refractivity contribution in [2.75, 3.05) is 31.1 Å². The third kappa shape index (κ3) is 6.00. The minimum absolute atomic E-state index is 0.210. The van der Waals surface area contributed by atoms with E-state index >= 15 is 0 Å². The molecule has 35 heavy (non-hydrogen) atoms. The molecule has 6 nitrogen and oxygen atoms in total. The topological polar surface area (TPSA) is 69.6 Å². The first-order chi connectivity index (χ1) is 17.1. The van der Waals surface area contributed by atoms with Gasteiger partial charge in [-0.25, -0.2) is 4.98 Å². The van der Waals surface area contributed by atoms with Crippen LogP contribution in [0.5, 0.6) is 0 Å². The normalized spacial score (nSPS) is 24.7. The smallest absolute Gasteiger partial charge is 0.303 e. The highest BCUT2D eigenvalue weighted by Crippen LogP contribution is 2.41. The average molecular weight is 495 g/mol. The molecule has 2 saturated heterocycles. The highest BCUT2D eigenvalue weighted by Gasteiger charge is 2.31. The summed E-state index contributed by atoms with van der Waals surface area (Å²) in [5.74, 6) is 1.08. The number of anilines is 1. The number of likely N-dealkylation sites (tertiary alicyclic amines) is 1. The summed E-state index contributed by atoms with van der Waals surface area (Å²) in [6.45, 7) is 6.25. The molecule has 4 heterocycles. The van der Waals surface area contributed by atoms with Crippen LogP contribution in [0.2, 0.25) is 0 Å². The van der Waals surface area contributed by atoms with E-state index in [-0.39, 0.29) is 12.3 Å². The molecule has 2 aromatic rings. The molecule has 0 spiro atoms. The molecule has 0 bridgehead atoms. The molecule has 3 fully saturated rings. The number of carbonyl (C=O) groups is 1. The summed E-state index contributed by atoms with van der Waals surface area (Å²) in [4.78, 5) is 25.8. The molecule has 0 amide bonds. The molecule has 3 atom stereocenters. The van der Waals surface area contributed by atoms with Crippen LogP contribution in [-0.2, 0) is 4.79 Å². The van der Waals surface area contributed by atoms with Gasteiger partial charge in [-0.1, -0.05) is 25.0 Å². The van der Waals surface area contributed by atoms with Crippen LogP contribution in [0.25, 0.3) is 0 Å². The molecule has 3 aliphatic rings.